The predicted octanol–water partition coefficient (Wildman–Crippen LogP) is 1.59. The van der Waals surface area contributed by atoms with Crippen LogP contribution >= 0.6 is 8.81 Å². The van der Waals surface area contributed by atoms with E-state index in [-0.39, 0.29) is 0 Å². The number of benzene rings is 1. The van der Waals surface area contributed by atoms with Gasteiger partial charge in [-0.3, -0.25) is 0 Å². The predicted molar refractivity (Wildman–Crippen MR) is 36.4 cm³/mol. The first-order valence-electron chi connectivity index (χ1n) is 2.92. The largest absolute Gasteiger partial charge is 0.372 e. The van der Waals surface area contributed by atoms with E-state index in [1.165, 1.54) is 0 Å². The smallest absolute Gasteiger partial charge is 0.200 e. The summed E-state index contributed by atoms with van der Waals surface area (Å²) in [5, 5.41) is -1.20. The second-order valence-corrected chi connectivity index (χ2v) is 2.78. The number of hydrogen-bond acceptors (Lipinski definition) is 1. The third-order valence-electron chi connectivity index (χ3n) is 1.32. The van der Waals surface area contributed by atoms with Crippen LogP contribution in [0.4, 0.5) is 22.0 Å². The van der Waals surface area contributed by atoms with Crippen LogP contribution in [0, 0.1) is 29.1 Å². The zero-order valence-corrected chi connectivity index (χ0v) is 6.84. The van der Waals surface area contributed by atoms with Crippen LogP contribution < -0.4 is 5.30 Å². The lowest BCUT2D eigenvalue weighted by Crippen LogP contribution is -2.15. The molecule has 0 amide bonds. The molecule has 72 valence electrons. The normalized spacial score (nSPS) is 11.5. The van der Waals surface area contributed by atoms with E-state index in [1.807, 2.05) is 0 Å². The van der Waals surface area contributed by atoms with Crippen molar-refractivity contribution < 1.29 is 26.8 Å². The van der Waals surface area contributed by atoms with Gasteiger partial charge in [0.1, 0.15) is 0 Å². The first-order valence-corrected chi connectivity index (χ1v) is 3.87. The molecule has 1 rings (SSSR count). The minimum atomic E-state index is -2.22. The summed E-state index contributed by atoms with van der Waals surface area (Å²) < 4.78 is 62.0. The zero-order chi connectivity index (χ0) is 10.2. The molecule has 0 radical (unpaired) electrons. The van der Waals surface area contributed by atoms with E-state index in [0.717, 1.165) is 0 Å². The van der Waals surface area contributed by atoms with Crippen LogP contribution in [0.5, 0.6) is 0 Å². The van der Waals surface area contributed by atoms with Crippen LogP contribution in [0.1, 0.15) is 0 Å². The zero-order valence-electron chi connectivity index (χ0n) is 5.84. The first kappa shape index (κ1) is 10.3. The minimum absolute atomic E-state index is 1.20. The summed E-state index contributed by atoms with van der Waals surface area (Å²) in [5.74, 6) is -10.3. The lowest BCUT2D eigenvalue weighted by atomic mass is 10.3. The molecule has 1 aromatic rings. The molecule has 0 saturated carbocycles. The summed E-state index contributed by atoms with van der Waals surface area (Å²) in [7, 11) is -1.48. The van der Waals surface area contributed by atoms with Crippen molar-refractivity contribution in [1.29, 1.82) is 0 Å². The van der Waals surface area contributed by atoms with Gasteiger partial charge in [-0.2, -0.15) is 0 Å². The van der Waals surface area contributed by atoms with Gasteiger partial charge in [0.2, 0.25) is 5.82 Å². The van der Waals surface area contributed by atoms with Crippen molar-refractivity contribution in [1.82, 2.24) is 0 Å². The number of hydrogen-bond donors (Lipinski definition) is 1. The molecule has 1 unspecified atom stereocenters. The van der Waals surface area contributed by atoms with Gasteiger partial charge in [0.05, 0.1) is 5.30 Å². The van der Waals surface area contributed by atoms with E-state index < -0.39 is 43.2 Å². The molecule has 0 aliphatic heterocycles. The average molecular weight is 216 g/mol. The molecule has 0 heterocycles. The highest BCUT2D eigenvalue weighted by Crippen LogP contribution is 2.20. The van der Waals surface area contributed by atoms with Gasteiger partial charge >= 0.3 is 0 Å². The fraction of sp³-hybridized carbons (Fsp3) is 0. The molecular formula is C6H2F5OP. The number of rotatable bonds is 1. The average Bonchev–Trinajstić information content (AvgIpc) is 2.13. The van der Waals surface area contributed by atoms with Crippen molar-refractivity contribution in [3.8, 4) is 0 Å². The van der Waals surface area contributed by atoms with Crippen molar-refractivity contribution in [2.75, 3.05) is 0 Å². The van der Waals surface area contributed by atoms with E-state index in [4.69, 9.17) is 4.89 Å². The highest BCUT2D eigenvalue weighted by atomic mass is 31.1. The summed E-state index contributed by atoms with van der Waals surface area (Å²) in [6, 6.07) is 0. The van der Waals surface area contributed by atoms with Gasteiger partial charge in [-0.15, -0.1) is 0 Å². The Morgan fingerprint density at radius 3 is 1.31 bits per heavy atom. The highest BCUT2D eigenvalue weighted by molar-refractivity contribution is 7.40. The Labute approximate surface area is 71.1 Å². The Kier molecular flexibility index (Phi) is 2.83. The van der Waals surface area contributed by atoms with Crippen molar-refractivity contribution in [3.05, 3.63) is 29.1 Å². The summed E-state index contributed by atoms with van der Waals surface area (Å²) in [5.41, 5.74) is 0. The van der Waals surface area contributed by atoms with Gasteiger partial charge in [-0.25, -0.2) is 22.0 Å². The molecule has 7 heteroatoms. The van der Waals surface area contributed by atoms with Gasteiger partial charge in [0.15, 0.2) is 23.3 Å². The lowest BCUT2D eigenvalue weighted by Gasteiger charge is -2.04. The van der Waals surface area contributed by atoms with Crippen LogP contribution in [-0.4, -0.2) is 4.89 Å². The fourth-order valence-electron chi connectivity index (χ4n) is 0.703. The standard InChI is InChI=1S/C6H2F5OP/c7-1-2(8)4(10)6(13-12)5(11)3(1)9/h12-13H. The van der Waals surface area contributed by atoms with Gasteiger partial charge in [0, 0.05) is 8.81 Å². The molecule has 13 heavy (non-hydrogen) atoms. The quantitative estimate of drug-likeness (QED) is 0.327. The molecule has 0 fully saturated rings. The van der Waals surface area contributed by atoms with Crippen LogP contribution in [0.25, 0.3) is 0 Å². The lowest BCUT2D eigenvalue weighted by molar-refractivity contribution is 0.384. The first-order chi connectivity index (χ1) is 6.00. The van der Waals surface area contributed by atoms with E-state index in [0.29, 0.717) is 0 Å². The van der Waals surface area contributed by atoms with Crippen molar-refractivity contribution >= 4 is 14.1 Å². The van der Waals surface area contributed by atoms with Gasteiger partial charge in [0.25, 0.3) is 0 Å². The summed E-state index contributed by atoms with van der Waals surface area (Å²) in [4.78, 5) is 8.33. The van der Waals surface area contributed by atoms with E-state index >= 15 is 0 Å². The van der Waals surface area contributed by atoms with Crippen molar-refractivity contribution in [2.24, 2.45) is 0 Å². The molecule has 0 bridgehead atoms. The monoisotopic (exact) mass is 216 g/mol. The molecular weight excluding hydrogens is 214 g/mol. The van der Waals surface area contributed by atoms with Crippen LogP contribution in [-0.2, 0) is 0 Å². The van der Waals surface area contributed by atoms with E-state index in [2.05, 4.69) is 0 Å². The van der Waals surface area contributed by atoms with Crippen molar-refractivity contribution in [2.45, 2.75) is 0 Å². The molecule has 0 saturated heterocycles. The van der Waals surface area contributed by atoms with E-state index in [9.17, 15) is 22.0 Å². The molecule has 0 aromatic heterocycles. The van der Waals surface area contributed by atoms with E-state index in [1.54, 1.807) is 0 Å². The molecule has 1 aromatic carbocycles. The summed E-state index contributed by atoms with van der Waals surface area (Å²) >= 11 is 0. The van der Waals surface area contributed by atoms with Crippen molar-refractivity contribution in [3.63, 3.8) is 0 Å². The SMILES string of the molecule is OPc1c(F)c(F)c(F)c(F)c1F. The highest BCUT2D eigenvalue weighted by Gasteiger charge is 2.24. The number of halogens is 5. The van der Waals surface area contributed by atoms with Gasteiger partial charge in [-0.1, -0.05) is 0 Å². The fourth-order valence-corrected chi connectivity index (χ4v) is 1.12. The molecule has 0 aliphatic carbocycles. The maximum absolute atomic E-state index is 12.5. The Hall–Kier alpha value is -0.740. The Morgan fingerprint density at radius 2 is 1.00 bits per heavy atom. The third-order valence-corrected chi connectivity index (χ3v) is 1.98. The maximum atomic E-state index is 12.5. The summed E-state index contributed by atoms with van der Waals surface area (Å²) in [6.07, 6.45) is 0. The summed E-state index contributed by atoms with van der Waals surface area (Å²) in [6.45, 7) is 0. The Bertz CT molecular complexity index is 324. The molecule has 1 N–H and O–H groups in total. The van der Waals surface area contributed by atoms with Crippen LogP contribution in [0.2, 0.25) is 0 Å². The van der Waals surface area contributed by atoms with Gasteiger partial charge < -0.3 is 4.89 Å². The third kappa shape index (κ3) is 1.51. The molecule has 1 nitrogen and oxygen atoms in total. The second kappa shape index (κ2) is 3.55. The van der Waals surface area contributed by atoms with Gasteiger partial charge in [-0.05, 0) is 0 Å². The molecule has 1 atom stereocenters. The Balaban J connectivity index is 3.56. The minimum Gasteiger partial charge on any atom is -0.372 e. The topological polar surface area (TPSA) is 20.2 Å². The molecule has 0 spiro atoms. The second-order valence-electron chi connectivity index (χ2n) is 2.06. The Morgan fingerprint density at radius 1 is 0.692 bits per heavy atom. The molecule has 0 aliphatic rings. The van der Waals surface area contributed by atoms with Crippen LogP contribution in [0.3, 0.4) is 0 Å². The van der Waals surface area contributed by atoms with Crippen LogP contribution in [0.15, 0.2) is 0 Å². The maximum Gasteiger partial charge on any atom is 0.200 e.